The number of nitrogens with zero attached hydrogens (tertiary/aromatic N) is 4. The number of carbonyl (C=O) groups excluding carboxylic acids is 2. The molecule has 2 heterocycles. The van der Waals surface area contributed by atoms with Gasteiger partial charge in [-0.05, 0) is 67.4 Å². The summed E-state index contributed by atoms with van der Waals surface area (Å²) >= 11 is 9.95. The maximum Gasteiger partial charge on any atom is 0.326 e. The number of nitrogens with one attached hydrogen (secondary N) is 1. The fraction of sp³-hybridized carbons (Fsp3) is 0.267. The van der Waals surface area contributed by atoms with Crippen molar-refractivity contribution >= 4 is 45.3 Å². The van der Waals surface area contributed by atoms with E-state index >= 15 is 0 Å². The third kappa shape index (κ3) is 5.69. The molecule has 40 heavy (non-hydrogen) atoms. The number of aliphatic imine (C=N–C) groups is 1. The van der Waals surface area contributed by atoms with Gasteiger partial charge in [0.15, 0.2) is 0 Å². The number of urea groups is 1. The lowest BCUT2D eigenvalue weighted by Crippen LogP contribution is -2.55. The van der Waals surface area contributed by atoms with Gasteiger partial charge < -0.3 is 15.0 Å². The minimum absolute atomic E-state index is 0.0590. The lowest BCUT2D eigenvalue weighted by molar-refractivity contribution is -0.123. The van der Waals surface area contributed by atoms with Crippen LogP contribution in [-0.2, 0) is 4.79 Å². The van der Waals surface area contributed by atoms with Gasteiger partial charge in [0.05, 0.1) is 29.3 Å². The number of nitriles is 1. The molecule has 2 aliphatic rings. The molecule has 3 aromatic carbocycles. The quantitative estimate of drug-likeness (QED) is 0.387. The zero-order chi connectivity index (χ0) is 28.4. The van der Waals surface area contributed by atoms with Gasteiger partial charge in [-0.25, -0.2) is 4.79 Å². The monoisotopic (exact) mass is 619 g/mol. The molecule has 1 saturated heterocycles. The molecular formula is C30H27BrClN5O3. The Hall–Kier alpha value is -3.87. The van der Waals surface area contributed by atoms with E-state index in [-0.39, 0.29) is 24.6 Å². The van der Waals surface area contributed by atoms with Gasteiger partial charge in [-0.1, -0.05) is 51.8 Å². The highest BCUT2D eigenvalue weighted by molar-refractivity contribution is 9.10. The van der Waals surface area contributed by atoms with Crippen molar-refractivity contribution in [3.8, 4) is 11.8 Å². The molecule has 1 N–H and O–H groups in total. The predicted molar refractivity (Wildman–Crippen MR) is 156 cm³/mol. The Bertz CT molecular complexity index is 1520. The predicted octanol–water partition coefficient (Wildman–Crippen LogP) is 5.86. The molecule has 0 saturated carbocycles. The van der Waals surface area contributed by atoms with E-state index < -0.39 is 12.1 Å². The van der Waals surface area contributed by atoms with Gasteiger partial charge in [-0.2, -0.15) is 5.26 Å². The molecule has 3 amide bonds. The van der Waals surface area contributed by atoms with Gasteiger partial charge >= 0.3 is 6.03 Å². The molecule has 2 atom stereocenters. The fourth-order valence-corrected chi connectivity index (χ4v) is 5.43. The number of piperazine rings is 1. The van der Waals surface area contributed by atoms with Gasteiger partial charge in [-0.15, -0.1) is 0 Å². The van der Waals surface area contributed by atoms with Crippen LogP contribution in [-0.4, -0.2) is 53.3 Å². The third-order valence-electron chi connectivity index (χ3n) is 6.70. The topological polar surface area (TPSA) is 98.0 Å². The molecule has 8 nitrogen and oxygen atoms in total. The summed E-state index contributed by atoms with van der Waals surface area (Å²) in [6.07, 6.45) is -0.185. The Balaban J connectivity index is 1.72. The minimum atomic E-state index is -0.560. The van der Waals surface area contributed by atoms with E-state index in [1.165, 1.54) is 4.90 Å². The first-order valence-corrected chi connectivity index (χ1v) is 14.1. The number of hydrogen-bond donors (Lipinski definition) is 1. The van der Waals surface area contributed by atoms with Gasteiger partial charge in [0.25, 0.3) is 0 Å². The van der Waals surface area contributed by atoms with Gasteiger partial charge in [0, 0.05) is 22.6 Å². The second-order valence-electron chi connectivity index (χ2n) is 9.86. The largest absolute Gasteiger partial charge is 0.490 e. The molecule has 0 unspecified atom stereocenters. The first-order valence-electron chi connectivity index (χ1n) is 12.9. The molecular weight excluding hydrogens is 594 g/mol. The van der Waals surface area contributed by atoms with Crippen LogP contribution in [0, 0.1) is 11.3 Å². The molecule has 1 fully saturated rings. The maximum atomic E-state index is 14.3. The van der Waals surface area contributed by atoms with E-state index in [0.717, 1.165) is 15.6 Å². The Morgan fingerprint density at radius 2 is 1.93 bits per heavy atom. The Morgan fingerprint density at radius 1 is 1.15 bits per heavy atom. The number of halogens is 2. The Kier molecular flexibility index (Phi) is 8.10. The lowest BCUT2D eigenvalue weighted by atomic mass is 9.93. The summed E-state index contributed by atoms with van der Waals surface area (Å²) in [5.41, 5.74) is 2.71. The molecule has 0 aliphatic carbocycles. The van der Waals surface area contributed by atoms with Crippen molar-refractivity contribution in [3.63, 3.8) is 0 Å². The van der Waals surface area contributed by atoms with Crippen molar-refractivity contribution < 1.29 is 14.3 Å². The van der Waals surface area contributed by atoms with Gasteiger partial charge in [0.1, 0.15) is 24.2 Å². The van der Waals surface area contributed by atoms with E-state index in [1.54, 1.807) is 29.2 Å². The molecule has 204 valence electrons. The van der Waals surface area contributed by atoms with Crippen LogP contribution in [0.5, 0.6) is 5.75 Å². The van der Waals surface area contributed by atoms with Crippen molar-refractivity contribution in [1.82, 2.24) is 15.1 Å². The second-order valence-corrected chi connectivity index (χ2v) is 11.2. The number of hydrogen-bond acceptors (Lipinski definition) is 5. The second kappa shape index (κ2) is 11.7. The summed E-state index contributed by atoms with van der Waals surface area (Å²) in [6.45, 7) is 4.46. The molecule has 0 spiro atoms. The van der Waals surface area contributed by atoms with Crippen LogP contribution in [0.15, 0.2) is 76.2 Å². The van der Waals surface area contributed by atoms with Crippen molar-refractivity contribution in [2.45, 2.75) is 32.0 Å². The zero-order valence-corrected chi connectivity index (χ0v) is 24.3. The Morgan fingerprint density at radius 3 is 2.60 bits per heavy atom. The van der Waals surface area contributed by atoms with Gasteiger partial charge in [0.2, 0.25) is 5.91 Å². The maximum absolute atomic E-state index is 14.3. The SMILES string of the molecule is CC(C)Oc1cc(C#N)ccc1C1=N[C@@H](c2ccc(Br)cc2)[C@@H](c2cccc(Cl)c2)N1C(=O)N1CCNC(=O)C1. The van der Waals surface area contributed by atoms with E-state index in [1.807, 2.05) is 56.3 Å². The summed E-state index contributed by atoms with van der Waals surface area (Å²) in [4.78, 5) is 35.0. The summed E-state index contributed by atoms with van der Waals surface area (Å²) in [5, 5.41) is 12.9. The van der Waals surface area contributed by atoms with Crippen LogP contribution < -0.4 is 10.1 Å². The van der Waals surface area contributed by atoms with E-state index in [0.29, 0.717) is 40.8 Å². The van der Waals surface area contributed by atoms with Crippen LogP contribution in [0.2, 0.25) is 5.02 Å². The summed E-state index contributed by atoms with van der Waals surface area (Å²) in [5.74, 6) is 0.626. The average Bonchev–Trinajstić information content (AvgIpc) is 3.33. The first-order chi connectivity index (χ1) is 19.2. The fourth-order valence-electron chi connectivity index (χ4n) is 4.97. The molecule has 0 radical (unpaired) electrons. The van der Waals surface area contributed by atoms with Crippen molar-refractivity contribution in [2.24, 2.45) is 4.99 Å². The van der Waals surface area contributed by atoms with Crippen molar-refractivity contribution in [3.05, 3.63) is 98.5 Å². The lowest BCUT2D eigenvalue weighted by Gasteiger charge is -2.36. The standard InChI is InChI=1S/C30H27BrClN5O3/c1-18(2)40-25-14-19(16-33)6-11-24(25)29-35-27(20-7-9-22(31)10-8-20)28(21-4-3-5-23(32)15-21)37(29)30(39)36-13-12-34-26(38)17-36/h3-11,14-15,18,27-28H,12-13,17H2,1-2H3,(H,34,38)/t27-,28+/m0/s1. The number of rotatable bonds is 5. The summed E-state index contributed by atoms with van der Waals surface area (Å²) in [7, 11) is 0. The number of carbonyl (C=O) groups is 2. The summed E-state index contributed by atoms with van der Waals surface area (Å²) in [6, 6.07) is 21.1. The van der Waals surface area contributed by atoms with Crippen LogP contribution in [0.3, 0.4) is 0 Å². The highest BCUT2D eigenvalue weighted by atomic mass is 79.9. The molecule has 0 aromatic heterocycles. The van der Waals surface area contributed by atoms with Crippen molar-refractivity contribution in [1.29, 1.82) is 5.26 Å². The van der Waals surface area contributed by atoms with E-state index in [4.69, 9.17) is 21.3 Å². The Labute approximate surface area is 246 Å². The van der Waals surface area contributed by atoms with Crippen LogP contribution in [0.4, 0.5) is 4.79 Å². The molecule has 0 bridgehead atoms. The minimum Gasteiger partial charge on any atom is -0.490 e. The highest BCUT2D eigenvalue weighted by Crippen LogP contribution is 2.45. The van der Waals surface area contributed by atoms with Gasteiger partial charge in [-0.3, -0.25) is 14.7 Å². The normalized spacial score (nSPS) is 18.8. The van der Waals surface area contributed by atoms with E-state index in [2.05, 4.69) is 27.3 Å². The molecule has 2 aliphatic heterocycles. The van der Waals surface area contributed by atoms with Crippen LogP contribution in [0.25, 0.3) is 0 Å². The third-order valence-corrected chi connectivity index (χ3v) is 7.46. The first kappa shape index (κ1) is 27.7. The van der Waals surface area contributed by atoms with Crippen LogP contribution in [0.1, 0.15) is 48.2 Å². The number of ether oxygens (including phenoxy) is 1. The van der Waals surface area contributed by atoms with E-state index in [9.17, 15) is 14.9 Å². The van der Waals surface area contributed by atoms with Crippen LogP contribution >= 0.6 is 27.5 Å². The molecule has 3 aromatic rings. The average molecular weight is 621 g/mol. The van der Waals surface area contributed by atoms with Crippen molar-refractivity contribution in [2.75, 3.05) is 19.6 Å². The number of amidine groups is 1. The summed E-state index contributed by atoms with van der Waals surface area (Å²) < 4.78 is 7.05. The smallest absolute Gasteiger partial charge is 0.326 e. The number of amides is 3. The number of benzene rings is 3. The highest BCUT2D eigenvalue weighted by Gasteiger charge is 2.45. The molecule has 5 rings (SSSR count). The molecule has 10 heteroatoms. The zero-order valence-electron chi connectivity index (χ0n) is 22.0.